The number of hydrogen-bond acceptors (Lipinski definition) is 5. The zero-order chi connectivity index (χ0) is 13.4. The van der Waals surface area contributed by atoms with Crippen molar-refractivity contribution < 1.29 is 9.90 Å². The van der Waals surface area contributed by atoms with Crippen molar-refractivity contribution in [3.63, 3.8) is 0 Å². The topological polar surface area (TPSA) is 104 Å². The lowest BCUT2D eigenvalue weighted by molar-refractivity contribution is 0.191. The van der Waals surface area contributed by atoms with Crippen LogP contribution in [0, 0.1) is 0 Å². The highest BCUT2D eigenvalue weighted by Crippen LogP contribution is 2.31. The quantitative estimate of drug-likeness (QED) is 0.713. The largest absolute Gasteiger partial charge is 0.465 e. The Morgan fingerprint density at radius 1 is 1.42 bits per heavy atom. The molecule has 19 heavy (non-hydrogen) atoms. The van der Waals surface area contributed by atoms with Crippen molar-refractivity contribution in [2.75, 3.05) is 23.7 Å². The average molecular weight is 263 g/mol. The molecule has 102 valence electrons. The summed E-state index contributed by atoms with van der Waals surface area (Å²) in [6, 6.07) is -0.0363. The highest BCUT2D eigenvalue weighted by Gasteiger charge is 2.29. The van der Waals surface area contributed by atoms with E-state index in [0.717, 1.165) is 43.7 Å². The second-order valence-corrected chi connectivity index (χ2v) is 5.07. The van der Waals surface area contributed by atoms with Crippen LogP contribution in [0.2, 0.25) is 0 Å². The smallest absolute Gasteiger partial charge is 0.404 e. The molecule has 7 heteroatoms. The molecule has 1 aliphatic carbocycles. The van der Waals surface area contributed by atoms with Gasteiger partial charge in [-0.15, -0.1) is 0 Å². The molecule has 4 N–H and O–H groups in total. The van der Waals surface area contributed by atoms with Crippen LogP contribution in [0.15, 0.2) is 0 Å². The van der Waals surface area contributed by atoms with Crippen LogP contribution in [0.1, 0.15) is 24.1 Å². The number of aryl methyl sites for hydroxylation is 1. The number of nitrogen functional groups attached to an aromatic ring is 1. The first kappa shape index (κ1) is 12.0. The number of carboxylic acid groups (broad SMARTS) is 1. The fourth-order valence-corrected chi connectivity index (χ4v) is 2.94. The zero-order valence-corrected chi connectivity index (χ0v) is 10.6. The Morgan fingerprint density at radius 2 is 2.26 bits per heavy atom. The molecule has 1 aliphatic heterocycles. The molecule has 3 rings (SSSR count). The van der Waals surface area contributed by atoms with Crippen LogP contribution in [0.4, 0.5) is 16.6 Å². The molecule has 1 fully saturated rings. The molecule has 1 saturated heterocycles. The Morgan fingerprint density at radius 3 is 3.05 bits per heavy atom. The Bertz CT molecular complexity index is 519. The molecule has 0 radical (unpaired) electrons. The predicted molar refractivity (Wildman–Crippen MR) is 70.2 cm³/mol. The summed E-state index contributed by atoms with van der Waals surface area (Å²) in [4.78, 5) is 21.4. The summed E-state index contributed by atoms with van der Waals surface area (Å²) in [6.45, 7) is 1.45. The minimum Gasteiger partial charge on any atom is -0.465 e. The molecular weight excluding hydrogens is 246 g/mol. The molecule has 0 aromatic carbocycles. The molecule has 0 spiro atoms. The molecule has 2 aliphatic rings. The molecule has 1 aromatic heterocycles. The first-order valence-electron chi connectivity index (χ1n) is 6.53. The van der Waals surface area contributed by atoms with Crippen LogP contribution < -0.4 is 16.0 Å². The third kappa shape index (κ3) is 2.27. The SMILES string of the molecule is Nc1nc2c(c(N3CCC(NC(=O)O)C3)n1)CCC2. The second-order valence-electron chi connectivity index (χ2n) is 5.07. The number of hydrogen-bond donors (Lipinski definition) is 3. The van der Waals surface area contributed by atoms with Crippen LogP contribution in [0.3, 0.4) is 0 Å². The van der Waals surface area contributed by atoms with Gasteiger partial charge in [0.05, 0.1) is 11.7 Å². The molecule has 1 aromatic rings. The maximum absolute atomic E-state index is 10.7. The Balaban J connectivity index is 1.82. The molecule has 0 bridgehead atoms. The summed E-state index contributed by atoms with van der Waals surface area (Å²) in [5.74, 6) is 1.21. The predicted octanol–water partition coefficient (Wildman–Crippen LogP) is 0.394. The van der Waals surface area contributed by atoms with Gasteiger partial charge >= 0.3 is 6.09 Å². The van der Waals surface area contributed by atoms with Gasteiger partial charge in [-0.3, -0.25) is 0 Å². The third-order valence-corrected chi connectivity index (χ3v) is 3.74. The van der Waals surface area contributed by atoms with Crippen LogP contribution >= 0.6 is 0 Å². The van der Waals surface area contributed by atoms with Crippen molar-refractivity contribution in [2.24, 2.45) is 0 Å². The van der Waals surface area contributed by atoms with E-state index in [0.29, 0.717) is 12.5 Å². The Labute approximate surface area is 110 Å². The maximum atomic E-state index is 10.7. The molecule has 1 atom stereocenters. The molecule has 1 amide bonds. The lowest BCUT2D eigenvalue weighted by atomic mass is 10.2. The van der Waals surface area contributed by atoms with E-state index >= 15 is 0 Å². The van der Waals surface area contributed by atoms with E-state index in [1.807, 2.05) is 0 Å². The number of nitrogens with zero attached hydrogens (tertiary/aromatic N) is 3. The summed E-state index contributed by atoms with van der Waals surface area (Å²) in [7, 11) is 0. The number of nitrogens with two attached hydrogens (primary N) is 1. The van der Waals surface area contributed by atoms with Crippen LogP contribution in [-0.4, -0.2) is 40.3 Å². The van der Waals surface area contributed by atoms with Crippen molar-refractivity contribution in [2.45, 2.75) is 31.7 Å². The fourth-order valence-electron chi connectivity index (χ4n) is 2.94. The summed E-state index contributed by atoms with van der Waals surface area (Å²) in [6.07, 6.45) is 2.85. The summed E-state index contributed by atoms with van der Waals surface area (Å²) in [5.41, 5.74) is 7.99. The van der Waals surface area contributed by atoms with Crippen molar-refractivity contribution in [3.05, 3.63) is 11.3 Å². The van der Waals surface area contributed by atoms with E-state index in [1.165, 1.54) is 5.56 Å². The van der Waals surface area contributed by atoms with E-state index in [1.54, 1.807) is 0 Å². The molecule has 1 unspecified atom stereocenters. The Hall–Kier alpha value is -2.05. The van der Waals surface area contributed by atoms with Crippen molar-refractivity contribution in [3.8, 4) is 0 Å². The standard InChI is InChI=1S/C12H17N5O2/c13-11-15-9-3-1-2-8(9)10(16-11)17-5-4-7(6-17)14-12(18)19/h7,14H,1-6H2,(H,18,19)(H2,13,15,16). The number of anilines is 2. The molecule has 0 saturated carbocycles. The molecule has 7 nitrogen and oxygen atoms in total. The van der Waals surface area contributed by atoms with E-state index < -0.39 is 6.09 Å². The summed E-state index contributed by atoms with van der Waals surface area (Å²) < 4.78 is 0. The zero-order valence-electron chi connectivity index (χ0n) is 10.6. The summed E-state index contributed by atoms with van der Waals surface area (Å²) in [5, 5.41) is 11.3. The highest BCUT2D eigenvalue weighted by molar-refractivity contribution is 5.65. The minimum atomic E-state index is -0.973. The van der Waals surface area contributed by atoms with Gasteiger partial charge < -0.3 is 21.1 Å². The van der Waals surface area contributed by atoms with Crippen molar-refractivity contribution >= 4 is 17.9 Å². The first-order chi connectivity index (χ1) is 9.13. The number of amides is 1. The van der Waals surface area contributed by atoms with Gasteiger partial charge in [-0.05, 0) is 25.7 Å². The van der Waals surface area contributed by atoms with Gasteiger partial charge in [0.25, 0.3) is 0 Å². The summed E-state index contributed by atoms with van der Waals surface area (Å²) >= 11 is 0. The van der Waals surface area contributed by atoms with Gasteiger partial charge in [0.1, 0.15) is 5.82 Å². The number of carbonyl (C=O) groups is 1. The van der Waals surface area contributed by atoms with E-state index in [4.69, 9.17) is 10.8 Å². The number of aromatic nitrogens is 2. The van der Waals surface area contributed by atoms with Gasteiger partial charge in [0.2, 0.25) is 5.95 Å². The third-order valence-electron chi connectivity index (χ3n) is 3.74. The van der Waals surface area contributed by atoms with Crippen molar-refractivity contribution in [1.29, 1.82) is 0 Å². The van der Waals surface area contributed by atoms with Crippen LogP contribution in [0.25, 0.3) is 0 Å². The van der Waals surface area contributed by atoms with Gasteiger partial charge in [0.15, 0.2) is 0 Å². The number of nitrogens with one attached hydrogen (secondary N) is 1. The molecular formula is C12H17N5O2. The van der Waals surface area contributed by atoms with Gasteiger partial charge in [0, 0.05) is 18.7 Å². The fraction of sp³-hybridized carbons (Fsp3) is 0.583. The number of rotatable bonds is 2. The normalized spacial score (nSPS) is 21.5. The van der Waals surface area contributed by atoms with Crippen LogP contribution in [-0.2, 0) is 12.8 Å². The Kier molecular flexibility index (Phi) is 2.88. The van der Waals surface area contributed by atoms with Crippen molar-refractivity contribution in [1.82, 2.24) is 15.3 Å². The van der Waals surface area contributed by atoms with Crippen LogP contribution in [0.5, 0.6) is 0 Å². The minimum absolute atomic E-state index is 0.0363. The second kappa shape index (κ2) is 4.56. The van der Waals surface area contributed by atoms with E-state index in [-0.39, 0.29) is 6.04 Å². The number of fused-ring (bicyclic) bond motifs is 1. The van der Waals surface area contributed by atoms with E-state index in [9.17, 15) is 4.79 Å². The first-order valence-corrected chi connectivity index (χ1v) is 6.53. The van der Waals surface area contributed by atoms with Gasteiger partial charge in [-0.2, -0.15) is 4.98 Å². The average Bonchev–Trinajstić information content (AvgIpc) is 2.95. The van der Waals surface area contributed by atoms with E-state index in [2.05, 4.69) is 20.2 Å². The lowest BCUT2D eigenvalue weighted by Gasteiger charge is -2.20. The monoisotopic (exact) mass is 263 g/mol. The van der Waals surface area contributed by atoms with Gasteiger partial charge in [-0.1, -0.05) is 0 Å². The maximum Gasteiger partial charge on any atom is 0.404 e. The lowest BCUT2D eigenvalue weighted by Crippen LogP contribution is -2.36. The molecule has 2 heterocycles. The highest BCUT2D eigenvalue weighted by atomic mass is 16.4. The van der Waals surface area contributed by atoms with Gasteiger partial charge in [-0.25, -0.2) is 9.78 Å².